The minimum absolute atomic E-state index is 0.225. The quantitative estimate of drug-likeness (QED) is 0.710. The molecule has 1 aliphatic rings. The van der Waals surface area contributed by atoms with E-state index in [4.69, 9.17) is 4.74 Å². The Morgan fingerprint density at radius 2 is 2.06 bits per heavy atom. The molecule has 1 aliphatic heterocycles. The van der Waals surface area contributed by atoms with Gasteiger partial charge < -0.3 is 15.0 Å². The third kappa shape index (κ3) is 5.04. The van der Waals surface area contributed by atoms with Gasteiger partial charge in [-0.25, -0.2) is 0 Å². The fourth-order valence-corrected chi connectivity index (χ4v) is 2.30. The second kappa shape index (κ2) is 7.67. The molecule has 0 radical (unpaired) electrons. The summed E-state index contributed by atoms with van der Waals surface area (Å²) in [6, 6.07) is 0. The van der Waals surface area contributed by atoms with Crippen LogP contribution in [0.25, 0.3) is 0 Å². The Morgan fingerprint density at radius 1 is 1.41 bits per heavy atom. The van der Waals surface area contributed by atoms with Crippen LogP contribution in [0.15, 0.2) is 0 Å². The van der Waals surface area contributed by atoms with Gasteiger partial charge in [0.15, 0.2) is 0 Å². The molecule has 0 aromatic heterocycles. The van der Waals surface area contributed by atoms with Crippen molar-refractivity contribution in [3.63, 3.8) is 0 Å². The molecule has 1 N–H and O–H groups in total. The summed E-state index contributed by atoms with van der Waals surface area (Å²) in [6.07, 6.45) is 2.31. The highest BCUT2D eigenvalue weighted by Gasteiger charge is 2.23. The lowest BCUT2D eigenvalue weighted by Crippen LogP contribution is -2.44. The summed E-state index contributed by atoms with van der Waals surface area (Å²) in [4.78, 5) is 13.8. The predicted octanol–water partition coefficient (Wildman–Crippen LogP) is 1.12. The molecule has 1 fully saturated rings. The van der Waals surface area contributed by atoms with Crippen LogP contribution < -0.4 is 5.32 Å². The van der Waals surface area contributed by atoms with Crippen LogP contribution in [-0.4, -0.2) is 50.7 Å². The first-order valence-corrected chi connectivity index (χ1v) is 6.62. The van der Waals surface area contributed by atoms with Crippen LogP contribution in [0.1, 0.15) is 26.7 Å². The number of amides is 1. The molecule has 0 aliphatic carbocycles. The number of nitrogens with one attached hydrogen (secondary N) is 1. The van der Waals surface area contributed by atoms with Gasteiger partial charge in [0.25, 0.3) is 0 Å². The number of piperidine rings is 1. The van der Waals surface area contributed by atoms with E-state index < -0.39 is 0 Å². The van der Waals surface area contributed by atoms with E-state index in [9.17, 15) is 4.79 Å². The van der Waals surface area contributed by atoms with Crippen LogP contribution in [0.3, 0.4) is 0 Å². The Kier molecular flexibility index (Phi) is 6.52. The molecule has 1 heterocycles. The molecule has 0 aromatic carbocycles. The number of carbonyl (C=O) groups is 1. The minimum Gasteiger partial charge on any atom is -0.383 e. The van der Waals surface area contributed by atoms with Gasteiger partial charge in [-0.1, -0.05) is 13.8 Å². The van der Waals surface area contributed by atoms with Crippen molar-refractivity contribution in [3.05, 3.63) is 0 Å². The average molecular weight is 242 g/mol. The van der Waals surface area contributed by atoms with E-state index in [0.29, 0.717) is 13.2 Å². The zero-order valence-electron chi connectivity index (χ0n) is 11.4. The zero-order chi connectivity index (χ0) is 12.7. The highest BCUT2D eigenvalue weighted by molar-refractivity contribution is 5.78. The third-order valence-electron chi connectivity index (χ3n) is 3.59. The summed E-state index contributed by atoms with van der Waals surface area (Å²) in [5, 5.41) is 3.10. The number of carbonyl (C=O) groups excluding carboxylic acids is 1. The summed E-state index contributed by atoms with van der Waals surface area (Å²) < 4.78 is 4.92. The normalized spacial score (nSPS) is 17.8. The highest BCUT2D eigenvalue weighted by atomic mass is 16.5. The maximum Gasteiger partial charge on any atom is 0.236 e. The molecule has 4 nitrogen and oxygen atoms in total. The monoisotopic (exact) mass is 242 g/mol. The minimum atomic E-state index is 0.225. The van der Waals surface area contributed by atoms with E-state index in [1.165, 1.54) is 0 Å². The summed E-state index contributed by atoms with van der Waals surface area (Å²) in [5.41, 5.74) is 0. The number of methoxy groups -OCH3 is 1. The molecule has 1 saturated heterocycles. The molecule has 4 heteroatoms. The van der Waals surface area contributed by atoms with Crippen LogP contribution in [0.4, 0.5) is 0 Å². The Balaban J connectivity index is 2.17. The van der Waals surface area contributed by atoms with Crippen molar-refractivity contribution in [1.82, 2.24) is 10.2 Å². The molecule has 17 heavy (non-hydrogen) atoms. The molecule has 1 amide bonds. The Labute approximate surface area is 105 Å². The molecule has 100 valence electrons. The largest absolute Gasteiger partial charge is 0.383 e. The van der Waals surface area contributed by atoms with Gasteiger partial charge in [-0.2, -0.15) is 0 Å². The number of nitrogens with zero attached hydrogens (tertiary/aromatic N) is 1. The first-order chi connectivity index (χ1) is 8.15. The summed E-state index contributed by atoms with van der Waals surface area (Å²) in [5.74, 6) is 1.76. The van der Waals surface area contributed by atoms with Crippen molar-refractivity contribution >= 4 is 5.91 Å². The standard InChI is InChI=1S/C13H26N2O2/c1-11(2)12-4-7-15(8-5-12)13(16)10-14-6-9-17-3/h11-12,14H,4-10H2,1-3H3. The molecule has 0 atom stereocenters. The van der Waals surface area contributed by atoms with Crippen molar-refractivity contribution in [3.8, 4) is 0 Å². The Bertz CT molecular complexity index is 223. The maximum absolute atomic E-state index is 11.9. The van der Waals surface area contributed by atoms with E-state index in [1.54, 1.807) is 7.11 Å². The van der Waals surface area contributed by atoms with Crippen molar-refractivity contribution in [2.24, 2.45) is 11.8 Å². The second-order valence-corrected chi connectivity index (χ2v) is 5.13. The fourth-order valence-electron chi connectivity index (χ4n) is 2.30. The van der Waals surface area contributed by atoms with Crippen LogP contribution in [0.2, 0.25) is 0 Å². The van der Waals surface area contributed by atoms with Gasteiger partial charge in [0.05, 0.1) is 13.2 Å². The molecule has 0 aromatic rings. The zero-order valence-corrected chi connectivity index (χ0v) is 11.4. The second-order valence-electron chi connectivity index (χ2n) is 5.13. The van der Waals surface area contributed by atoms with Crippen molar-refractivity contribution in [1.29, 1.82) is 0 Å². The van der Waals surface area contributed by atoms with Gasteiger partial charge in [-0.05, 0) is 24.7 Å². The van der Waals surface area contributed by atoms with E-state index in [2.05, 4.69) is 19.2 Å². The predicted molar refractivity (Wildman–Crippen MR) is 68.9 cm³/mol. The highest BCUT2D eigenvalue weighted by Crippen LogP contribution is 2.24. The first-order valence-electron chi connectivity index (χ1n) is 6.62. The molecular formula is C13H26N2O2. The van der Waals surface area contributed by atoms with E-state index in [-0.39, 0.29) is 5.91 Å². The Morgan fingerprint density at radius 3 is 2.59 bits per heavy atom. The molecule has 0 saturated carbocycles. The summed E-state index contributed by atoms with van der Waals surface area (Å²) in [6.45, 7) is 8.23. The van der Waals surface area contributed by atoms with Gasteiger partial charge in [0, 0.05) is 26.7 Å². The lowest BCUT2D eigenvalue weighted by atomic mass is 9.87. The van der Waals surface area contributed by atoms with E-state index in [1.807, 2.05) is 4.90 Å². The van der Waals surface area contributed by atoms with Crippen LogP contribution in [0.5, 0.6) is 0 Å². The fraction of sp³-hybridized carbons (Fsp3) is 0.923. The number of rotatable bonds is 6. The Hall–Kier alpha value is -0.610. The van der Waals surface area contributed by atoms with Crippen LogP contribution in [0, 0.1) is 11.8 Å². The van der Waals surface area contributed by atoms with Gasteiger partial charge in [0.2, 0.25) is 5.91 Å². The van der Waals surface area contributed by atoms with Crippen molar-refractivity contribution < 1.29 is 9.53 Å². The van der Waals surface area contributed by atoms with Crippen molar-refractivity contribution in [2.45, 2.75) is 26.7 Å². The molecule has 0 bridgehead atoms. The number of likely N-dealkylation sites (tertiary alicyclic amines) is 1. The smallest absolute Gasteiger partial charge is 0.236 e. The topological polar surface area (TPSA) is 41.6 Å². The SMILES string of the molecule is COCCNCC(=O)N1CCC(C(C)C)CC1. The number of hydrogen-bond donors (Lipinski definition) is 1. The van der Waals surface area contributed by atoms with Gasteiger partial charge in [-0.3, -0.25) is 4.79 Å². The first kappa shape index (κ1) is 14.5. The summed E-state index contributed by atoms with van der Waals surface area (Å²) >= 11 is 0. The van der Waals surface area contributed by atoms with Gasteiger partial charge in [-0.15, -0.1) is 0 Å². The average Bonchev–Trinajstić information content (AvgIpc) is 2.34. The number of hydrogen-bond acceptors (Lipinski definition) is 3. The molecule has 0 spiro atoms. The van der Waals surface area contributed by atoms with E-state index >= 15 is 0 Å². The maximum atomic E-state index is 11.9. The van der Waals surface area contributed by atoms with Crippen LogP contribution in [-0.2, 0) is 9.53 Å². The van der Waals surface area contributed by atoms with E-state index in [0.717, 1.165) is 44.3 Å². The summed E-state index contributed by atoms with van der Waals surface area (Å²) in [7, 11) is 1.67. The lowest BCUT2D eigenvalue weighted by molar-refractivity contribution is -0.131. The molecular weight excluding hydrogens is 216 g/mol. The molecule has 1 rings (SSSR count). The van der Waals surface area contributed by atoms with Crippen molar-refractivity contribution in [2.75, 3.05) is 39.9 Å². The third-order valence-corrected chi connectivity index (χ3v) is 3.59. The van der Waals surface area contributed by atoms with Gasteiger partial charge >= 0.3 is 0 Å². The van der Waals surface area contributed by atoms with Gasteiger partial charge in [0.1, 0.15) is 0 Å². The lowest BCUT2D eigenvalue weighted by Gasteiger charge is -2.34. The van der Waals surface area contributed by atoms with Crippen LogP contribution >= 0.6 is 0 Å². The number of ether oxygens (including phenoxy) is 1. The molecule has 0 unspecified atom stereocenters.